The monoisotopic (exact) mass is 257 g/mol. The van der Waals surface area contributed by atoms with E-state index < -0.39 is 11.4 Å². The van der Waals surface area contributed by atoms with Crippen molar-refractivity contribution in [1.82, 2.24) is 4.90 Å². The molecule has 0 aromatic carbocycles. The van der Waals surface area contributed by atoms with E-state index in [1.807, 2.05) is 0 Å². The molecule has 0 aromatic rings. The van der Waals surface area contributed by atoms with Crippen LogP contribution >= 0.6 is 0 Å². The first kappa shape index (κ1) is 15.4. The lowest BCUT2D eigenvalue weighted by molar-refractivity contribution is -0.123. The molecule has 1 aliphatic heterocycles. The van der Waals surface area contributed by atoms with Gasteiger partial charge in [0.2, 0.25) is 5.91 Å². The molecule has 0 aromatic heterocycles. The fourth-order valence-corrected chi connectivity index (χ4v) is 2.41. The van der Waals surface area contributed by atoms with E-state index in [9.17, 15) is 4.79 Å². The Bertz CT molecular complexity index is 275. The van der Waals surface area contributed by atoms with Gasteiger partial charge >= 0.3 is 0 Å². The van der Waals surface area contributed by atoms with Gasteiger partial charge in [0.15, 0.2) is 0 Å². The molecule has 18 heavy (non-hydrogen) atoms. The van der Waals surface area contributed by atoms with Crippen molar-refractivity contribution in [3.63, 3.8) is 0 Å². The zero-order chi connectivity index (χ0) is 13.8. The molecule has 1 rings (SSSR count). The van der Waals surface area contributed by atoms with Crippen LogP contribution in [0.2, 0.25) is 0 Å². The molecule has 4 N–H and O–H groups in total. The number of carbonyl (C=O) groups excluding carboxylic acids is 1. The van der Waals surface area contributed by atoms with Gasteiger partial charge in [-0.1, -0.05) is 0 Å². The molecule has 5 heteroatoms. The standard InChI is InChI=1S/C13H27N3O2/c1-10(7-13(2,15)12(14)17)16(3)8-11-5-4-6-18-9-11/h10-11H,4-9,15H2,1-3H3,(H2,14,17). The number of nitrogens with two attached hydrogens (primary N) is 2. The van der Waals surface area contributed by atoms with Gasteiger partial charge < -0.3 is 21.1 Å². The minimum Gasteiger partial charge on any atom is -0.381 e. The van der Waals surface area contributed by atoms with E-state index in [-0.39, 0.29) is 6.04 Å². The molecule has 1 heterocycles. The number of amides is 1. The quantitative estimate of drug-likeness (QED) is 0.718. The molecule has 0 spiro atoms. The molecule has 106 valence electrons. The third kappa shape index (κ3) is 4.55. The smallest absolute Gasteiger partial charge is 0.237 e. The Morgan fingerprint density at radius 2 is 2.28 bits per heavy atom. The Kier molecular flexibility index (Phi) is 5.56. The highest BCUT2D eigenvalue weighted by Gasteiger charge is 2.30. The second-order valence-corrected chi connectivity index (χ2v) is 5.86. The highest BCUT2D eigenvalue weighted by molar-refractivity contribution is 5.83. The van der Waals surface area contributed by atoms with Crippen molar-refractivity contribution in [1.29, 1.82) is 0 Å². The summed E-state index contributed by atoms with van der Waals surface area (Å²) in [5.74, 6) is 0.146. The van der Waals surface area contributed by atoms with Crippen LogP contribution in [0, 0.1) is 5.92 Å². The molecule has 1 fully saturated rings. The van der Waals surface area contributed by atoms with Crippen molar-refractivity contribution in [2.75, 3.05) is 26.8 Å². The maximum atomic E-state index is 11.2. The minimum absolute atomic E-state index is 0.231. The summed E-state index contributed by atoms with van der Waals surface area (Å²) in [6, 6.07) is 0.231. The zero-order valence-electron chi connectivity index (χ0n) is 11.8. The van der Waals surface area contributed by atoms with Crippen LogP contribution < -0.4 is 11.5 Å². The summed E-state index contributed by atoms with van der Waals surface area (Å²) in [6.07, 6.45) is 2.93. The molecule has 1 saturated heterocycles. The van der Waals surface area contributed by atoms with Crippen molar-refractivity contribution >= 4 is 5.91 Å². The van der Waals surface area contributed by atoms with Gasteiger partial charge in [-0.15, -0.1) is 0 Å². The summed E-state index contributed by atoms with van der Waals surface area (Å²) >= 11 is 0. The van der Waals surface area contributed by atoms with Gasteiger partial charge in [0, 0.05) is 19.2 Å². The normalized spacial score (nSPS) is 25.7. The molecule has 0 saturated carbocycles. The SMILES string of the molecule is CC(CC(C)(N)C(N)=O)N(C)CC1CCCOC1. The number of hydrogen-bond acceptors (Lipinski definition) is 4. The number of nitrogens with zero attached hydrogens (tertiary/aromatic N) is 1. The minimum atomic E-state index is -0.934. The average molecular weight is 257 g/mol. The fraction of sp³-hybridized carbons (Fsp3) is 0.923. The largest absolute Gasteiger partial charge is 0.381 e. The maximum Gasteiger partial charge on any atom is 0.237 e. The molecule has 0 radical (unpaired) electrons. The Balaban J connectivity index is 2.40. The molecule has 0 aliphatic carbocycles. The van der Waals surface area contributed by atoms with Crippen LogP contribution in [0.4, 0.5) is 0 Å². The third-order valence-corrected chi connectivity index (χ3v) is 3.84. The molecule has 5 nitrogen and oxygen atoms in total. The van der Waals surface area contributed by atoms with Gasteiger partial charge in [0.25, 0.3) is 0 Å². The van der Waals surface area contributed by atoms with E-state index in [1.165, 1.54) is 6.42 Å². The lowest BCUT2D eigenvalue weighted by atomic mass is 9.92. The number of rotatable bonds is 6. The van der Waals surface area contributed by atoms with Crippen LogP contribution in [0.3, 0.4) is 0 Å². The topological polar surface area (TPSA) is 81.6 Å². The number of hydrogen-bond donors (Lipinski definition) is 2. The van der Waals surface area contributed by atoms with Crippen molar-refractivity contribution in [3.05, 3.63) is 0 Å². The van der Waals surface area contributed by atoms with Gasteiger partial charge in [-0.05, 0) is 46.1 Å². The Labute approximate surface area is 110 Å². The Morgan fingerprint density at radius 3 is 2.78 bits per heavy atom. The van der Waals surface area contributed by atoms with Gasteiger partial charge in [0.1, 0.15) is 0 Å². The summed E-state index contributed by atoms with van der Waals surface area (Å²) < 4.78 is 5.48. The van der Waals surface area contributed by atoms with E-state index >= 15 is 0 Å². The molecule has 3 atom stereocenters. The highest BCUT2D eigenvalue weighted by atomic mass is 16.5. The third-order valence-electron chi connectivity index (χ3n) is 3.84. The van der Waals surface area contributed by atoms with E-state index in [2.05, 4.69) is 18.9 Å². The summed E-state index contributed by atoms with van der Waals surface area (Å²) in [6.45, 7) is 6.49. The second-order valence-electron chi connectivity index (χ2n) is 5.86. The molecule has 0 bridgehead atoms. The van der Waals surface area contributed by atoms with Gasteiger partial charge in [0.05, 0.1) is 12.1 Å². The fourth-order valence-electron chi connectivity index (χ4n) is 2.41. The number of carbonyl (C=O) groups is 1. The first-order valence-corrected chi connectivity index (χ1v) is 6.69. The van der Waals surface area contributed by atoms with E-state index in [0.717, 1.165) is 26.2 Å². The van der Waals surface area contributed by atoms with E-state index in [1.54, 1.807) is 6.92 Å². The molecular weight excluding hydrogens is 230 g/mol. The lowest BCUT2D eigenvalue weighted by Gasteiger charge is -2.34. The van der Waals surface area contributed by atoms with Crippen LogP contribution in [0.5, 0.6) is 0 Å². The van der Waals surface area contributed by atoms with E-state index in [0.29, 0.717) is 12.3 Å². The summed E-state index contributed by atoms with van der Waals surface area (Å²) in [7, 11) is 2.07. The van der Waals surface area contributed by atoms with Crippen LogP contribution in [0.15, 0.2) is 0 Å². The maximum absolute atomic E-state index is 11.2. The van der Waals surface area contributed by atoms with Crippen LogP contribution in [0.1, 0.15) is 33.1 Å². The van der Waals surface area contributed by atoms with Crippen molar-refractivity contribution in [2.24, 2.45) is 17.4 Å². The predicted molar refractivity (Wildman–Crippen MR) is 72.0 cm³/mol. The predicted octanol–water partition coefficient (Wildman–Crippen LogP) is 0.326. The first-order chi connectivity index (χ1) is 8.33. The van der Waals surface area contributed by atoms with Gasteiger partial charge in [-0.25, -0.2) is 0 Å². The summed E-state index contributed by atoms with van der Waals surface area (Å²) in [5.41, 5.74) is 10.3. The van der Waals surface area contributed by atoms with Crippen LogP contribution in [-0.2, 0) is 9.53 Å². The molecular formula is C13H27N3O2. The summed E-state index contributed by atoms with van der Waals surface area (Å²) in [4.78, 5) is 13.5. The van der Waals surface area contributed by atoms with Crippen LogP contribution in [0.25, 0.3) is 0 Å². The highest BCUT2D eigenvalue weighted by Crippen LogP contribution is 2.18. The second kappa shape index (κ2) is 6.50. The molecule has 1 aliphatic rings. The lowest BCUT2D eigenvalue weighted by Crippen LogP contribution is -2.53. The number of ether oxygens (including phenoxy) is 1. The average Bonchev–Trinajstić information content (AvgIpc) is 2.29. The first-order valence-electron chi connectivity index (χ1n) is 6.69. The van der Waals surface area contributed by atoms with Gasteiger partial charge in [-0.2, -0.15) is 0 Å². The Morgan fingerprint density at radius 1 is 1.61 bits per heavy atom. The van der Waals surface area contributed by atoms with Gasteiger partial charge in [-0.3, -0.25) is 4.79 Å². The van der Waals surface area contributed by atoms with Crippen LogP contribution in [-0.4, -0.2) is 49.2 Å². The molecule has 1 amide bonds. The van der Waals surface area contributed by atoms with Crippen molar-refractivity contribution in [2.45, 2.75) is 44.7 Å². The molecule has 3 unspecified atom stereocenters. The summed E-state index contributed by atoms with van der Waals surface area (Å²) in [5, 5.41) is 0. The Hall–Kier alpha value is -0.650. The van der Waals surface area contributed by atoms with E-state index in [4.69, 9.17) is 16.2 Å². The van der Waals surface area contributed by atoms with Crippen molar-refractivity contribution in [3.8, 4) is 0 Å². The van der Waals surface area contributed by atoms with Crippen molar-refractivity contribution < 1.29 is 9.53 Å². The zero-order valence-corrected chi connectivity index (χ0v) is 11.8. The number of primary amides is 1.